The molecule has 2 N–H and O–H groups in total. The predicted octanol–water partition coefficient (Wildman–Crippen LogP) is 18.7. The Morgan fingerprint density at radius 1 is 0.367 bits per heavy atom. The van der Waals surface area contributed by atoms with Gasteiger partial charge in [-0.1, -0.05) is 222 Å². The van der Waals surface area contributed by atoms with Gasteiger partial charge in [-0.3, -0.25) is 4.79 Å². The molecule has 0 aromatic rings. The third-order valence-electron chi connectivity index (χ3n) is 12.1. The lowest BCUT2D eigenvalue weighted by Gasteiger charge is -2.30. The summed E-state index contributed by atoms with van der Waals surface area (Å²) in [4.78, 5) is 13.7. The first kappa shape index (κ1) is 57.9. The minimum atomic E-state index is -0.511. The number of carbonyl (C=O) groups excluding carboxylic acids is 1. The fourth-order valence-electron chi connectivity index (χ4n) is 7.93. The van der Waals surface area contributed by atoms with Crippen molar-refractivity contribution in [2.45, 2.75) is 265 Å². The third kappa shape index (κ3) is 41.2. The summed E-state index contributed by atoms with van der Waals surface area (Å²) in [6.07, 6.45) is 74.0. The van der Waals surface area contributed by atoms with E-state index in [1.54, 1.807) is 0 Å². The summed E-state index contributed by atoms with van der Waals surface area (Å²) in [6.45, 7) is 7.74. The van der Waals surface area contributed by atoms with Gasteiger partial charge in [0.25, 0.3) is 0 Å². The maximum atomic E-state index is 13.7. The molecule has 0 radical (unpaired) electrons. The van der Waals surface area contributed by atoms with E-state index in [1.165, 1.54) is 186 Å². The van der Waals surface area contributed by atoms with Gasteiger partial charge in [0.15, 0.2) is 0 Å². The number of esters is 1. The van der Waals surface area contributed by atoms with Crippen molar-refractivity contribution < 1.29 is 9.53 Å². The summed E-state index contributed by atoms with van der Waals surface area (Å²) in [5.74, 6) is -0.0159. The van der Waals surface area contributed by atoms with Gasteiger partial charge in [0.1, 0.15) is 0 Å². The van der Waals surface area contributed by atoms with Gasteiger partial charge < -0.3 is 10.5 Å². The average molecular weight is 834 g/mol. The first-order valence-corrected chi connectivity index (χ1v) is 26.4. The Morgan fingerprint density at radius 2 is 0.633 bits per heavy atom. The highest BCUT2D eigenvalue weighted by molar-refractivity contribution is 5.77. The lowest BCUT2D eigenvalue weighted by atomic mass is 9.77. The van der Waals surface area contributed by atoms with Crippen molar-refractivity contribution in [3.8, 4) is 0 Å². The van der Waals surface area contributed by atoms with Crippen molar-refractivity contribution in [1.29, 1.82) is 0 Å². The Hall–Kier alpha value is -2.13. The number of allylic oxidation sites excluding steroid dienone is 12. The molecule has 0 aromatic carbocycles. The zero-order chi connectivity index (χ0) is 43.6. The molecule has 3 nitrogen and oxygen atoms in total. The molecule has 0 aromatic heterocycles. The van der Waals surface area contributed by atoms with Crippen molar-refractivity contribution >= 4 is 5.97 Å². The number of hydrogen-bond donors (Lipinski definition) is 1. The average Bonchev–Trinajstić information content (AvgIpc) is 3.26. The van der Waals surface area contributed by atoms with Gasteiger partial charge >= 0.3 is 5.97 Å². The highest BCUT2D eigenvalue weighted by Crippen LogP contribution is 2.33. The fourth-order valence-corrected chi connectivity index (χ4v) is 7.93. The van der Waals surface area contributed by atoms with Crippen LogP contribution in [-0.4, -0.2) is 19.1 Å². The van der Waals surface area contributed by atoms with Crippen LogP contribution in [0.5, 0.6) is 0 Å². The van der Waals surface area contributed by atoms with Crippen LogP contribution in [-0.2, 0) is 9.53 Å². The van der Waals surface area contributed by atoms with E-state index in [-0.39, 0.29) is 5.97 Å². The van der Waals surface area contributed by atoms with E-state index < -0.39 is 5.41 Å². The minimum absolute atomic E-state index is 0.0159. The third-order valence-corrected chi connectivity index (χ3v) is 12.1. The first-order chi connectivity index (χ1) is 29.7. The topological polar surface area (TPSA) is 52.3 Å². The van der Waals surface area contributed by atoms with Crippen molar-refractivity contribution in [2.75, 3.05) is 13.2 Å². The van der Waals surface area contributed by atoms with Gasteiger partial charge in [-0.2, -0.15) is 0 Å². The van der Waals surface area contributed by atoms with Crippen LogP contribution in [0, 0.1) is 5.41 Å². The van der Waals surface area contributed by atoms with Crippen LogP contribution in [0.1, 0.15) is 265 Å². The molecule has 0 heterocycles. The molecule has 0 saturated carbocycles. The second-order valence-corrected chi connectivity index (χ2v) is 17.9. The number of rotatable bonds is 47. The van der Waals surface area contributed by atoms with Crippen molar-refractivity contribution in [3.63, 3.8) is 0 Å². The van der Waals surface area contributed by atoms with Crippen LogP contribution in [0.3, 0.4) is 0 Å². The molecular formula is C57H103NO2. The Bertz CT molecular complexity index is 1000. The molecule has 0 aliphatic rings. The largest absolute Gasteiger partial charge is 0.465 e. The molecule has 0 amide bonds. The minimum Gasteiger partial charge on any atom is -0.465 e. The van der Waals surface area contributed by atoms with Crippen molar-refractivity contribution in [3.05, 3.63) is 72.9 Å². The number of carbonyl (C=O) groups is 1. The lowest BCUT2D eigenvalue weighted by molar-refractivity contribution is -0.156. The molecular weight excluding hydrogens is 731 g/mol. The second-order valence-electron chi connectivity index (χ2n) is 17.9. The molecule has 0 aliphatic heterocycles. The second kappa shape index (κ2) is 49.5. The van der Waals surface area contributed by atoms with Gasteiger partial charge in [0.05, 0.1) is 12.0 Å². The van der Waals surface area contributed by atoms with Gasteiger partial charge in [-0.15, -0.1) is 0 Å². The Morgan fingerprint density at radius 3 is 0.933 bits per heavy atom. The standard InChI is InChI=1S/C57H103NO2/c1-4-7-10-13-16-19-22-25-28-31-34-37-40-43-46-49-52-57(55-58,53-50-47-44-41-38-35-32-29-26-23-20-17-14-11-8-5-2)56(59)60-54-51-48-45-42-39-36-33-30-27-24-21-18-15-12-9-6-3/h16-21,25-30H,4-15,22-24,31-55,58H2,1-3H3/b19-16-,20-17-,21-18-,28-25-,29-26-,30-27-. The van der Waals surface area contributed by atoms with E-state index in [2.05, 4.69) is 93.7 Å². The molecule has 0 atom stereocenters. The Kier molecular flexibility index (Phi) is 47.8. The first-order valence-electron chi connectivity index (χ1n) is 26.4. The molecule has 0 bridgehead atoms. The molecule has 0 unspecified atom stereocenters. The number of ether oxygens (including phenoxy) is 1. The summed E-state index contributed by atoms with van der Waals surface area (Å²) in [6, 6.07) is 0. The van der Waals surface area contributed by atoms with Crippen molar-refractivity contribution in [1.82, 2.24) is 0 Å². The monoisotopic (exact) mass is 834 g/mol. The van der Waals surface area contributed by atoms with Gasteiger partial charge in [0.2, 0.25) is 0 Å². The highest BCUT2D eigenvalue weighted by atomic mass is 16.5. The maximum Gasteiger partial charge on any atom is 0.313 e. The summed E-state index contributed by atoms with van der Waals surface area (Å²) in [7, 11) is 0. The summed E-state index contributed by atoms with van der Waals surface area (Å²) in [5.41, 5.74) is 5.97. The number of nitrogens with two attached hydrogens (primary N) is 1. The zero-order valence-corrected chi connectivity index (χ0v) is 40.6. The highest BCUT2D eigenvalue weighted by Gasteiger charge is 2.37. The van der Waals surface area contributed by atoms with Crippen LogP contribution in [0.25, 0.3) is 0 Å². The van der Waals surface area contributed by atoms with E-state index >= 15 is 0 Å². The van der Waals surface area contributed by atoms with Crippen molar-refractivity contribution in [2.24, 2.45) is 11.1 Å². The van der Waals surface area contributed by atoms with E-state index in [0.29, 0.717) is 13.2 Å². The van der Waals surface area contributed by atoms with Crippen LogP contribution in [0.2, 0.25) is 0 Å². The van der Waals surface area contributed by atoms with E-state index in [4.69, 9.17) is 10.5 Å². The van der Waals surface area contributed by atoms with E-state index in [0.717, 1.165) is 57.8 Å². The van der Waals surface area contributed by atoms with Crippen LogP contribution in [0.4, 0.5) is 0 Å². The normalized spacial score (nSPS) is 12.7. The van der Waals surface area contributed by atoms with Crippen LogP contribution in [0.15, 0.2) is 72.9 Å². The quantitative estimate of drug-likeness (QED) is 0.0377. The van der Waals surface area contributed by atoms with Crippen LogP contribution >= 0.6 is 0 Å². The molecule has 348 valence electrons. The molecule has 60 heavy (non-hydrogen) atoms. The smallest absolute Gasteiger partial charge is 0.313 e. The van der Waals surface area contributed by atoms with Gasteiger partial charge in [0, 0.05) is 6.54 Å². The summed E-state index contributed by atoms with van der Waals surface area (Å²) < 4.78 is 6.02. The maximum absolute atomic E-state index is 13.7. The molecule has 3 heteroatoms. The SMILES string of the molecule is CCCCC/C=C\C/C=C\CCCCCCCCOC(=O)C(CN)(CCCCCCCC/C=C\C/C=C\CCCCC)CCCCCCCC/C=C\C/C=C\CCCCC. The molecule has 0 saturated heterocycles. The van der Waals surface area contributed by atoms with Gasteiger partial charge in [-0.05, 0) is 116 Å². The lowest BCUT2D eigenvalue weighted by Crippen LogP contribution is -2.40. The van der Waals surface area contributed by atoms with E-state index in [1.807, 2.05) is 0 Å². The predicted molar refractivity (Wildman–Crippen MR) is 270 cm³/mol. The van der Waals surface area contributed by atoms with Crippen LogP contribution < -0.4 is 5.73 Å². The number of unbranched alkanes of at least 4 members (excludes halogenated alkanes) is 27. The van der Waals surface area contributed by atoms with E-state index in [9.17, 15) is 4.79 Å². The number of hydrogen-bond acceptors (Lipinski definition) is 3. The molecule has 0 rings (SSSR count). The van der Waals surface area contributed by atoms with Gasteiger partial charge in [-0.25, -0.2) is 0 Å². The zero-order valence-electron chi connectivity index (χ0n) is 40.6. The summed E-state index contributed by atoms with van der Waals surface area (Å²) >= 11 is 0. The summed E-state index contributed by atoms with van der Waals surface area (Å²) in [5, 5.41) is 0. The Labute approximate surface area is 376 Å². The Balaban J connectivity index is 4.50. The molecule has 0 spiro atoms. The molecule has 0 fully saturated rings. The molecule has 0 aliphatic carbocycles. The fraction of sp³-hybridized carbons (Fsp3) is 0.772.